The quantitative estimate of drug-likeness (QED) is 0.138. The van der Waals surface area contributed by atoms with Crippen LogP contribution in [0.25, 0.3) is 0 Å². The number of benzene rings is 4. The van der Waals surface area contributed by atoms with Crippen LogP contribution in [-0.2, 0) is 32.6 Å². The SMILES string of the molecule is CCOc1ccc(N(CC(=O)N(Cc2c(Cl)cccc2Cl)[C@H](Cc2ccccc2)C(=O)N[C@@H](C)CC)S(=O)(=O)c2ccc(C)cc2)cc1. The normalized spacial score (nSPS) is 12.5. The molecule has 0 aliphatic rings. The van der Waals surface area contributed by atoms with Gasteiger partial charge in [0.2, 0.25) is 11.8 Å². The summed E-state index contributed by atoms with van der Waals surface area (Å²) in [6, 6.07) is 26.1. The van der Waals surface area contributed by atoms with E-state index in [2.05, 4.69) is 5.32 Å². The van der Waals surface area contributed by atoms with Crippen molar-refractivity contribution in [3.63, 3.8) is 0 Å². The number of amides is 2. The third kappa shape index (κ3) is 9.30. The number of sulfonamides is 1. The molecule has 254 valence electrons. The maximum absolute atomic E-state index is 14.7. The number of halogens is 2. The molecule has 0 aliphatic carbocycles. The third-order valence-electron chi connectivity index (χ3n) is 7.99. The van der Waals surface area contributed by atoms with Crippen LogP contribution in [0.5, 0.6) is 5.75 Å². The van der Waals surface area contributed by atoms with E-state index < -0.39 is 28.5 Å². The Bertz CT molecular complexity index is 1770. The number of nitrogens with one attached hydrogen (secondary N) is 1. The molecule has 0 aromatic heterocycles. The van der Waals surface area contributed by atoms with E-state index in [0.717, 1.165) is 15.4 Å². The molecule has 11 heteroatoms. The van der Waals surface area contributed by atoms with Crippen molar-refractivity contribution < 1.29 is 22.7 Å². The molecule has 0 bridgehead atoms. The van der Waals surface area contributed by atoms with Gasteiger partial charge in [0.25, 0.3) is 10.0 Å². The number of hydrogen-bond acceptors (Lipinski definition) is 5. The van der Waals surface area contributed by atoms with Crippen molar-refractivity contribution in [2.75, 3.05) is 17.5 Å². The van der Waals surface area contributed by atoms with Gasteiger partial charge in [-0.25, -0.2) is 8.42 Å². The van der Waals surface area contributed by atoms with Crippen LogP contribution < -0.4 is 14.4 Å². The lowest BCUT2D eigenvalue weighted by atomic mass is 10.0. The molecule has 1 N–H and O–H groups in total. The van der Waals surface area contributed by atoms with Crippen molar-refractivity contribution in [1.82, 2.24) is 10.2 Å². The molecule has 4 rings (SSSR count). The second-order valence-corrected chi connectivity index (χ2v) is 14.2. The maximum atomic E-state index is 14.7. The molecular formula is C37H41Cl2N3O5S. The Labute approximate surface area is 293 Å². The first kappa shape index (κ1) is 36.8. The molecule has 2 amide bonds. The molecule has 0 fully saturated rings. The van der Waals surface area contributed by atoms with Gasteiger partial charge in [0.15, 0.2) is 0 Å². The molecule has 0 saturated carbocycles. The van der Waals surface area contributed by atoms with Crippen LogP contribution in [0.15, 0.2) is 102 Å². The minimum atomic E-state index is -4.25. The summed E-state index contributed by atoms with van der Waals surface area (Å²) in [5, 5.41) is 3.65. The molecule has 2 atom stereocenters. The first-order valence-electron chi connectivity index (χ1n) is 15.8. The van der Waals surface area contributed by atoms with Gasteiger partial charge in [-0.05, 0) is 81.3 Å². The summed E-state index contributed by atoms with van der Waals surface area (Å²) < 4.78 is 35.2. The van der Waals surface area contributed by atoms with Crippen molar-refractivity contribution in [2.24, 2.45) is 0 Å². The predicted octanol–water partition coefficient (Wildman–Crippen LogP) is 7.45. The lowest BCUT2D eigenvalue weighted by Crippen LogP contribution is -2.54. The van der Waals surface area contributed by atoms with E-state index in [9.17, 15) is 18.0 Å². The van der Waals surface area contributed by atoms with Gasteiger partial charge in [-0.3, -0.25) is 13.9 Å². The van der Waals surface area contributed by atoms with Crippen LogP contribution in [0.2, 0.25) is 10.0 Å². The fourth-order valence-corrected chi connectivity index (χ4v) is 7.02. The largest absolute Gasteiger partial charge is 0.494 e. The average Bonchev–Trinajstić information content (AvgIpc) is 3.07. The highest BCUT2D eigenvalue weighted by Crippen LogP contribution is 2.30. The van der Waals surface area contributed by atoms with E-state index in [1.807, 2.05) is 58.0 Å². The standard InChI is InChI=1S/C37H41Cl2N3O5S/c1-5-27(4)40-37(44)35(23-28-11-8-7-9-12-28)41(24-32-33(38)13-10-14-34(32)39)36(43)25-42(29-17-19-30(20-18-29)47-6-2)48(45,46)31-21-15-26(3)16-22-31/h7-22,27,35H,5-6,23-25H2,1-4H3,(H,40,44)/t27-,35+/m0/s1. The smallest absolute Gasteiger partial charge is 0.264 e. The lowest BCUT2D eigenvalue weighted by molar-refractivity contribution is -0.140. The van der Waals surface area contributed by atoms with E-state index in [0.29, 0.717) is 34.4 Å². The minimum absolute atomic E-state index is 0.0193. The molecule has 4 aromatic rings. The Morgan fingerprint density at radius 3 is 2.06 bits per heavy atom. The Morgan fingerprint density at radius 1 is 0.854 bits per heavy atom. The molecule has 0 aliphatic heterocycles. The first-order chi connectivity index (χ1) is 22.9. The van der Waals surface area contributed by atoms with E-state index in [4.69, 9.17) is 27.9 Å². The van der Waals surface area contributed by atoms with Gasteiger partial charge in [0.1, 0.15) is 18.3 Å². The molecule has 0 saturated heterocycles. The second kappa shape index (κ2) is 16.9. The summed E-state index contributed by atoms with van der Waals surface area (Å²) in [5.74, 6) is -0.436. The number of ether oxygens (including phenoxy) is 1. The summed E-state index contributed by atoms with van der Waals surface area (Å²) in [5.41, 5.74) is 2.40. The van der Waals surface area contributed by atoms with E-state index >= 15 is 0 Å². The molecule has 0 heterocycles. The van der Waals surface area contributed by atoms with Gasteiger partial charge in [-0.1, -0.05) is 84.2 Å². The number of anilines is 1. The van der Waals surface area contributed by atoms with Gasteiger partial charge < -0.3 is 15.0 Å². The summed E-state index contributed by atoms with van der Waals surface area (Å²) in [6.07, 6.45) is 0.846. The van der Waals surface area contributed by atoms with Crippen LogP contribution in [-0.4, -0.2) is 50.4 Å². The van der Waals surface area contributed by atoms with Crippen molar-refractivity contribution in [2.45, 2.75) is 64.1 Å². The Balaban J connectivity index is 1.84. The van der Waals surface area contributed by atoms with Crippen LogP contribution in [0, 0.1) is 6.92 Å². The van der Waals surface area contributed by atoms with Gasteiger partial charge in [-0.15, -0.1) is 0 Å². The summed E-state index contributed by atoms with van der Waals surface area (Å²) in [4.78, 5) is 30.1. The van der Waals surface area contributed by atoms with E-state index in [1.165, 1.54) is 17.0 Å². The lowest BCUT2D eigenvalue weighted by Gasteiger charge is -2.34. The number of rotatable bonds is 15. The number of hydrogen-bond donors (Lipinski definition) is 1. The highest BCUT2D eigenvalue weighted by Gasteiger charge is 2.35. The topological polar surface area (TPSA) is 96.0 Å². The summed E-state index contributed by atoms with van der Waals surface area (Å²) in [6.45, 7) is 7.25. The van der Waals surface area contributed by atoms with E-state index in [1.54, 1.807) is 54.6 Å². The first-order valence-corrected chi connectivity index (χ1v) is 18.0. The Morgan fingerprint density at radius 2 is 1.48 bits per heavy atom. The average molecular weight is 711 g/mol. The van der Waals surface area contributed by atoms with Crippen molar-refractivity contribution in [3.8, 4) is 5.75 Å². The number of carbonyl (C=O) groups excluding carboxylic acids is 2. The highest BCUT2D eigenvalue weighted by molar-refractivity contribution is 7.92. The van der Waals surface area contributed by atoms with Crippen molar-refractivity contribution in [3.05, 3.63) is 124 Å². The fraction of sp³-hybridized carbons (Fsp3) is 0.297. The van der Waals surface area contributed by atoms with Crippen molar-refractivity contribution in [1.29, 1.82) is 0 Å². The number of aryl methyl sites for hydroxylation is 1. The van der Waals surface area contributed by atoms with Gasteiger partial charge in [0.05, 0.1) is 17.2 Å². The zero-order valence-corrected chi connectivity index (χ0v) is 29.9. The molecule has 48 heavy (non-hydrogen) atoms. The minimum Gasteiger partial charge on any atom is -0.494 e. The summed E-state index contributed by atoms with van der Waals surface area (Å²) >= 11 is 13.2. The molecular weight excluding hydrogens is 669 g/mol. The van der Waals surface area contributed by atoms with Crippen LogP contribution in [0.4, 0.5) is 5.69 Å². The van der Waals surface area contributed by atoms with Gasteiger partial charge in [0, 0.05) is 34.6 Å². The molecule has 0 radical (unpaired) electrons. The van der Waals surface area contributed by atoms with Crippen LogP contribution >= 0.6 is 23.2 Å². The van der Waals surface area contributed by atoms with Gasteiger partial charge >= 0.3 is 0 Å². The van der Waals surface area contributed by atoms with E-state index in [-0.39, 0.29) is 35.5 Å². The number of carbonyl (C=O) groups is 2. The van der Waals surface area contributed by atoms with Crippen LogP contribution in [0.1, 0.15) is 43.9 Å². The zero-order valence-electron chi connectivity index (χ0n) is 27.5. The highest BCUT2D eigenvalue weighted by atomic mass is 35.5. The zero-order chi connectivity index (χ0) is 34.8. The van der Waals surface area contributed by atoms with Crippen LogP contribution in [0.3, 0.4) is 0 Å². The third-order valence-corrected chi connectivity index (χ3v) is 10.5. The van der Waals surface area contributed by atoms with Gasteiger partial charge in [-0.2, -0.15) is 0 Å². The Kier molecular flexibility index (Phi) is 12.9. The molecule has 8 nitrogen and oxygen atoms in total. The predicted molar refractivity (Wildman–Crippen MR) is 192 cm³/mol. The fourth-order valence-electron chi connectivity index (χ4n) is 5.09. The monoisotopic (exact) mass is 709 g/mol. The second-order valence-electron chi connectivity index (χ2n) is 11.5. The molecule has 4 aromatic carbocycles. The number of nitrogens with zero attached hydrogens (tertiary/aromatic N) is 2. The van der Waals surface area contributed by atoms with Crippen molar-refractivity contribution >= 4 is 50.7 Å². The summed E-state index contributed by atoms with van der Waals surface area (Å²) in [7, 11) is -4.25. The maximum Gasteiger partial charge on any atom is 0.264 e. The molecule has 0 spiro atoms. The molecule has 0 unspecified atom stereocenters. The Hall–Kier alpha value is -4.05.